The maximum Gasteiger partial charge on any atom is 0.0913 e. The zero-order valence-corrected chi connectivity index (χ0v) is 14.1. The van der Waals surface area contributed by atoms with Crippen molar-refractivity contribution in [3.8, 4) is 0 Å². The van der Waals surface area contributed by atoms with E-state index in [0.717, 1.165) is 4.48 Å². The molecule has 0 unspecified atom stereocenters. The molecule has 1 heteroatoms. The molecule has 0 aliphatic heterocycles. The lowest BCUT2D eigenvalue weighted by molar-refractivity contribution is -0.839. The molecule has 0 saturated heterocycles. The topological polar surface area (TPSA) is 0 Å². The van der Waals surface area contributed by atoms with Crippen molar-refractivity contribution in [2.45, 2.75) is 84.5 Å². The van der Waals surface area contributed by atoms with Crippen molar-refractivity contribution in [2.24, 2.45) is 0 Å². The van der Waals surface area contributed by atoms with E-state index >= 15 is 0 Å². The molecular formula is C18H38N+. The first-order valence-corrected chi connectivity index (χ1v) is 8.62. The van der Waals surface area contributed by atoms with Gasteiger partial charge in [0.1, 0.15) is 0 Å². The van der Waals surface area contributed by atoms with Gasteiger partial charge >= 0.3 is 0 Å². The number of rotatable bonds is 13. The Hall–Kier alpha value is -0.300. The fourth-order valence-corrected chi connectivity index (χ4v) is 2.42. The second-order valence-electron chi connectivity index (χ2n) is 6.50. The molecule has 0 saturated carbocycles. The van der Waals surface area contributed by atoms with E-state index in [-0.39, 0.29) is 0 Å². The van der Waals surface area contributed by atoms with Gasteiger partial charge in [0.2, 0.25) is 0 Å². The number of unbranched alkanes of at least 4 members (excludes halogenated alkanes) is 9. The Morgan fingerprint density at radius 2 is 1.21 bits per heavy atom. The van der Waals surface area contributed by atoms with E-state index in [4.69, 9.17) is 0 Å². The van der Waals surface area contributed by atoms with Crippen LogP contribution in [0.5, 0.6) is 0 Å². The number of quaternary nitrogens is 1. The van der Waals surface area contributed by atoms with Crippen LogP contribution in [0.15, 0.2) is 12.3 Å². The first-order valence-electron chi connectivity index (χ1n) is 8.62. The van der Waals surface area contributed by atoms with Gasteiger partial charge < -0.3 is 4.48 Å². The van der Waals surface area contributed by atoms with Crippen LogP contribution < -0.4 is 0 Å². The summed E-state index contributed by atoms with van der Waals surface area (Å²) in [6.45, 7) is 5.85. The molecule has 0 radical (unpaired) electrons. The van der Waals surface area contributed by atoms with Crippen molar-refractivity contribution in [2.75, 3.05) is 20.6 Å². The summed E-state index contributed by atoms with van der Waals surface area (Å²) in [6.07, 6.45) is 19.9. The second kappa shape index (κ2) is 12.7. The van der Waals surface area contributed by atoms with Gasteiger partial charge in [-0.25, -0.2) is 0 Å². The van der Waals surface area contributed by atoms with Crippen molar-refractivity contribution in [3.63, 3.8) is 0 Å². The molecule has 0 amide bonds. The van der Waals surface area contributed by atoms with Gasteiger partial charge in [0.05, 0.1) is 26.8 Å². The lowest BCUT2D eigenvalue weighted by Crippen LogP contribution is -2.34. The lowest BCUT2D eigenvalue weighted by Gasteiger charge is -2.25. The van der Waals surface area contributed by atoms with Crippen LogP contribution in [0.2, 0.25) is 0 Å². The van der Waals surface area contributed by atoms with E-state index in [0.29, 0.717) is 0 Å². The van der Waals surface area contributed by atoms with Gasteiger partial charge in [0.15, 0.2) is 0 Å². The molecule has 0 bridgehead atoms. The molecule has 0 aliphatic rings. The largest absolute Gasteiger partial charge is 0.302 e. The summed E-state index contributed by atoms with van der Waals surface area (Å²) < 4.78 is 1.06. The van der Waals surface area contributed by atoms with Crippen molar-refractivity contribution < 1.29 is 4.48 Å². The highest BCUT2D eigenvalue weighted by Gasteiger charge is 2.09. The summed E-state index contributed by atoms with van der Waals surface area (Å²) >= 11 is 0. The van der Waals surface area contributed by atoms with Crippen LogP contribution in [0, 0.1) is 0 Å². The molecule has 19 heavy (non-hydrogen) atoms. The smallest absolute Gasteiger partial charge is 0.0913 e. The second-order valence-corrected chi connectivity index (χ2v) is 6.50. The molecule has 0 rings (SSSR count). The van der Waals surface area contributed by atoms with Gasteiger partial charge in [-0.05, 0) is 31.8 Å². The molecule has 0 spiro atoms. The van der Waals surface area contributed by atoms with Gasteiger partial charge in [-0.3, -0.25) is 0 Å². The van der Waals surface area contributed by atoms with E-state index in [2.05, 4.69) is 40.2 Å². The summed E-state index contributed by atoms with van der Waals surface area (Å²) in [5, 5.41) is 0. The Labute approximate surface area is 122 Å². The van der Waals surface area contributed by atoms with Crippen molar-refractivity contribution in [3.05, 3.63) is 12.3 Å². The fraction of sp³-hybridized carbons (Fsp3) is 0.889. The van der Waals surface area contributed by atoms with Crippen molar-refractivity contribution in [1.29, 1.82) is 0 Å². The lowest BCUT2D eigenvalue weighted by atomic mass is 10.1. The third-order valence-corrected chi connectivity index (χ3v) is 3.82. The van der Waals surface area contributed by atoms with Gasteiger partial charge in [-0.2, -0.15) is 0 Å². The highest BCUT2D eigenvalue weighted by atomic mass is 15.3. The average Bonchev–Trinajstić information content (AvgIpc) is 2.38. The minimum Gasteiger partial charge on any atom is -0.302 e. The van der Waals surface area contributed by atoms with Gasteiger partial charge in [-0.15, -0.1) is 0 Å². The normalized spacial score (nSPS) is 12.4. The monoisotopic (exact) mass is 268 g/mol. The van der Waals surface area contributed by atoms with E-state index < -0.39 is 0 Å². The molecule has 0 heterocycles. The van der Waals surface area contributed by atoms with Crippen molar-refractivity contribution in [1.82, 2.24) is 0 Å². The molecule has 1 nitrogen and oxygen atoms in total. The molecule has 0 aliphatic carbocycles. The maximum atomic E-state index is 2.40. The van der Waals surface area contributed by atoms with Gasteiger partial charge in [-0.1, -0.05) is 58.8 Å². The van der Waals surface area contributed by atoms with E-state index in [1.807, 2.05) is 0 Å². The van der Waals surface area contributed by atoms with Crippen molar-refractivity contribution >= 4 is 0 Å². The maximum absolute atomic E-state index is 2.40. The Morgan fingerprint density at radius 3 is 1.84 bits per heavy atom. The summed E-state index contributed by atoms with van der Waals surface area (Å²) in [5.41, 5.74) is 0. The van der Waals surface area contributed by atoms with Crippen LogP contribution in [0.1, 0.15) is 84.5 Å². The zero-order chi connectivity index (χ0) is 14.4. The number of allylic oxidation sites excluding steroid dienone is 1. The molecule has 0 atom stereocenters. The molecule has 0 aromatic carbocycles. The molecule has 0 aromatic rings. The summed E-state index contributed by atoms with van der Waals surface area (Å²) in [6, 6.07) is 0. The Kier molecular flexibility index (Phi) is 12.5. The SMILES string of the molecule is CCCCCC/C=C/[N+](C)(C)CCCCCCCC. The van der Waals surface area contributed by atoms with Crippen LogP contribution in [-0.4, -0.2) is 25.1 Å². The van der Waals surface area contributed by atoms with E-state index in [9.17, 15) is 0 Å². The molecule has 0 aromatic heterocycles. The van der Waals surface area contributed by atoms with E-state index in [1.165, 1.54) is 77.2 Å². The zero-order valence-electron chi connectivity index (χ0n) is 14.1. The predicted molar refractivity (Wildman–Crippen MR) is 88.3 cm³/mol. The fourth-order valence-electron chi connectivity index (χ4n) is 2.42. The van der Waals surface area contributed by atoms with Crippen LogP contribution in [0.4, 0.5) is 0 Å². The molecule has 0 fully saturated rings. The minimum atomic E-state index is 1.06. The predicted octanol–water partition coefficient (Wildman–Crippen LogP) is 5.91. The molecular weight excluding hydrogens is 230 g/mol. The average molecular weight is 269 g/mol. The van der Waals surface area contributed by atoms with Crippen LogP contribution in [-0.2, 0) is 0 Å². The Bertz CT molecular complexity index is 206. The first kappa shape index (κ1) is 18.7. The van der Waals surface area contributed by atoms with E-state index in [1.54, 1.807) is 0 Å². The molecule has 114 valence electrons. The third kappa shape index (κ3) is 13.9. The van der Waals surface area contributed by atoms with Crippen LogP contribution in [0.3, 0.4) is 0 Å². The third-order valence-electron chi connectivity index (χ3n) is 3.82. The van der Waals surface area contributed by atoms with Gasteiger partial charge in [0, 0.05) is 0 Å². The first-order chi connectivity index (χ1) is 9.12. The number of nitrogens with zero attached hydrogens (tertiary/aromatic N) is 1. The summed E-state index contributed by atoms with van der Waals surface area (Å²) in [4.78, 5) is 0. The van der Waals surface area contributed by atoms with Crippen LogP contribution in [0.25, 0.3) is 0 Å². The Morgan fingerprint density at radius 1 is 0.684 bits per heavy atom. The summed E-state index contributed by atoms with van der Waals surface area (Å²) in [7, 11) is 4.66. The quantitative estimate of drug-likeness (QED) is 0.288. The summed E-state index contributed by atoms with van der Waals surface area (Å²) in [5.74, 6) is 0. The van der Waals surface area contributed by atoms with Gasteiger partial charge in [0.25, 0.3) is 0 Å². The minimum absolute atomic E-state index is 1.06. The highest BCUT2D eigenvalue weighted by Crippen LogP contribution is 2.10. The highest BCUT2D eigenvalue weighted by molar-refractivity contribution is 4.73. The van der Waals surface area contributed by atoms with Crippen LogP contribution >= 0.6 is 0 Å². The standard InChI is InChI=1S/C18H38N/c1-5-7-9-11-13-15-17-19(3,4)18-16-14-12-10-8-6-2/h15,17H,5-14,16,18H2,1-4H3/q+1/b17-15+. The Balaban J connectivity index is 3.53. The number of hydrogen-bond donors (Lipinski definition) is 0. The molecule has 0 N–H and O–H groups in total. The number of hydrogen-bond acceptors (Lipinski definition) is 0.